The maximum absolute atomic E-state index is 12.8. The number of hydrogen-bond acceptors (Lipinski definition) is 3. The molecule has 2 aromatic carbocycles. The second kappa shape index (κ2) is 8.57. The summed E-state index contributed by atoms with van der Waals surface area (Å²) in [6.07, 6.45) is 0.838. The number of ether oxygens (including phenoxy) is 1. The van der Waals surface area contributed by atoms with Crippen LogP contribution in [0.15, 0.2) is 54.8 Å². The molecule has 1 aliphatic rings. The van der Waals surface area contributed by atoms with Crippen molar-refractivity contribution in [2.75, 3.05) is 19.7 Å². The van der Waals surface area contributed by atoms with Gasteiger partial charge in [0.25, 0.3) is 5.91 Å². The normalized spacial score (nSPS) is 20.1. The molecular formula is C23H30N2O2. The maximum atomic E-state index is 12.8. The van der Waals surface area contributed by atoms with Crippen LogP contribution in [0.5, 0.6) is 0 Å². The molecule has 1 amide bonds. The van der Waals surface area contributed by atoms with E-state index in [0.29, 0.717) is 18.1 Å². The van der Waals surface area contributed by atoms with E-state index >= 15 is 0 Å². The van der Waals surface area contributed by atoms with Crippen LogP contribution >= 0.6 is 0 Å². The largest absolute Gasteiger partial charge is 0.497 e. The molecule has 0 bridgehead atoms. The second-order valence-corrected chi connectivity index (χ2v) is 7.73. The molecule has 0 radical (unpaired) electrons. The van der Waals surface area contributed by atoms with Crippen molar-refractivity contribution in [3.8, 4) is 0 Å². The molecule has 3 rings (SSSR count). The van der Waals surface area contributed by atoms with E-state index in [1.54, 1.807) is 0 Å². The number of fused-ring (bicyclic) bond motifs is 1. The summed E-state index contributed by atoms with van der Waals surface area (Å²) in [5.41, 5.74) is 0.705. The van der Waals surface area contributed by atoms with Crippen LogP contribution in [0.3, 0.4) is 0 Å². The standard InChI is InChI=1S/C23H30N2O2/c1-5-27-17(4)22-13-21(15-25(22)14-16(2)3)24-23(26)20-11-10-18-8-6-7-9-19(18)12-20/h6-12,16,21-22H,4-5,13-15H2,1-3H3,(H,24,26). The van der Waals surface area contributed by atoms with E-state index in [9.17, 15) is 4.79 Å². The third kappa shape index (κ3) is 4.69. The number of nitrogens with one attached hydrogen (secondary N) is 1. The van der Waals surface area contributed by atoms with Gasteiger partial charge in [-0.1, -0.05) is 50.8 Å². The number of nitrogens with zero attached hydrogens (tertiary/aromatic N) is 1. The first-order valence-corrected chi connectivity index (χ1v) is 9.83. The van der Waals surface area contributed by atoms with E-state index in [-0.39, 0.29) is 18.0 Å². The van der Waals surface area contributed by atoms with Crippen molar-refractivity contribution in [2.45, 2.75) is 39.3 Å². The van der Waals surface area contributed by atoms with Gasteiger partial charge >= 0.3 is 0 Å². The predicted molar refractivity (Wildman–Crippen MR) is 111 cm³/mol. The minimum Gasteiger partial charge on any atom is -0.497 e. The molecule has 1 saturated heterocycles. The van der Waals surface area contributed by atoms with Crippen LogP contribution in [-0.2, 0) is 4.74 Å². The first-order valence-electron chi connectivity index (χ1n) is 9.83. The Kier molecular flexibility index (Phi) is 6.17. The quantitative estimate of drug-likeness (QED) is 0.746. The Bertz CT molecular complexity index is 815. The van der Waals surface area contributed by atoms with Crippen LogP contribution < -0.4 is 5.32 Å². The van der Waals surface area contributed by atoms with Crippen molar-refractivity contribution in [1.29, 1.82) is 0 Å². The molecule has 1 heterocycles. The highest BCUT2D eigenvalue weighted by molar-refractivity contribution is 5.98. The van der Waals surface area contributed by atoms with Crippen LogP contribution in [0, 0.1) is 5.92 Å². The Labute approximate surface area is 162 Å². The number of carbonyl (C=O) groups excluding carboxylic acids is 1. The fraction of sp³-hybridized carbons (Fsp3) is 0.435. The molecule has 4 heteroatoms. The van der Waals surface area contributed by atoms with Crippen molar-refractivity contribution >= 4 is 16.7 Å². The number of hydrogen-bond donors (Lipinski definition) is 1. The van der Waals surface area contributed by atoms with Gasteiger partial charge in [0.1, 0.15) is 5.76 Å². The average Bonchev–Trinajstić information content (AvgIpc) is 3.03. The maximum Gasteiger partial charge on any atom is 0.251 e. The van der Waals surface area contributed by atoms with Crippen molar-refractivity contribution in [3.63, 3.8) is 0 Å². The number of benzene rings is 2. The van der Waals surface area contributed by atoms with E-state index in [4.69, 9.17) is 4.74 Å². The molecule has 1 N–H and O–H groups in total. The van der Waals surface area contributed by atoms with Gasteiger partial charge in [-0.25, -0.2) is 0 Å². The molecule has 144 valence electrons. The third-order valence-corrected chi connectivity index (χ3v) is 5.05. The van der Waals surface area contributed by atoms with Crippen molar-refractivity contribution in [1.82, 2.24) is 10.2 Å². The first kappa shape index (κ1) is 19.4. The van der Waals surface area contributed by atoms with E-state index in [1.165, 1.54) is 0 Å². The Morgan fingerprint density at radius 2 is 2.00 bits per heavy atom. The molecule has 2 aromatic rings. The molecule has 0 aromatic heterocycles. The highest BCUT2D eigenvalue weighted by atomic mass is 16.5. The van der Waals surface area contributed by atoms with Gasteiger partial charge in [-0.05, 0) is 42.2 Å². The zero-order valence-electron chi connectivity index (χ0n) is 16.6. The smallest absolute Gasteiger partial charge is 0.251 e. The summed E-state index contributed by atoms with van der Waals surface area (Å²) in [7, 11) is 0. The number of likely N-dealkylation sites (tertiary alicyclic amines) is 1. The summed E-state index contributed by atoms with van der Waals surface area (Å²) in [4.78, 5) is 15.2. The van der Waals surface area contributed by atoms with Gasteiger partial charge in [0.05, 0.1) is 12.6 Å². The van der Waals surface area contributed by atoms with Gasteiger partial charge in [0, 0.05) is 24.7 Å². The summed E-state index contributed by atoms with van der Waals surface area (Å²) >= 11 is 0. The zero-order chi connectivity index (χ0) is 19.4. The summed E-state index contributed by atoms with van der Waals surface area (Å²) < 4.78 is 5.67. The molecule has 0 saturated carbocycles. The van der Waals surface area contributed by atoms with E-state index < -0.39 is 0 Å². The lowest BCUT2D eigenvalue weighted by molar-refractivity contribution is 0.0937. The second-order valence-electron chi connectivity index (χ2n) is 7.73. The third-order valence-electron chi connectivity index (χ3n) is 5.05. The van der Waals surface area contributed by atoms with Crippen LogP contribution in [-0.4, -0.2) is 42.6 Å². The van der Waals surface area contributed by atoms with Gasteiger partial charge in [-0.15, -0.1) is 0 Å². The Morgan fingerprint density at radius 3 is 2.70 bits per heavy atom. The molecule has 0 spiro atoms. The van der Waals surface area contributed by atoms with Gasteiger partial charge in [-0.2, -0.15) is 0 Å². The van der Waals surface area contributed by atoms with Crippen LogP contribution in [0.4, 0.5) is 0 Å². The first-order chi connectivity index (χ1) is 13.0. The van der Waals surface area contributed by atoms with E-state index in [0.717, 1.165) is 36.0 Å². The fourth-order valence-electron chi connectivity index (χ4n) is 3.89. The molecule has 1 fully saturated rings. The summed E-state index contributed by atoms with van der Waals surface area (Å²) in [5, 5.41) is 5.44. The number of amides is 1. The van der Waals surface area contributed by atoms with Crippen molar-refractivity contribution in [3.05, 3.63) is 60.4 Å². The van der Waals surface area contributed by atoms with Gasteiger partial charge < -0.3 is 10.1 Å². The van der Waals surface area contributed by atoms with Crippen LogP contribution in [0.25, 0.3) is 10.8 Å². The van der Waals surface area contributed by atoms with Crippen molar-refractivity contribution < 1.29 is 9.53 Å². The molecule has 2 atom stereocenters. The lowest BCUT2D eigenvalue weighted by atomic mass is 10.1. The SMILES string of the molecule is C=C(OCC)C1CC(NC(=O)c2ccc3ccccc3c2)CN1CC(C)C. The van der Waals surface area contributed by atoms with Crippen LogP contribution in [0.1, 0.15) is 37.6 Å². The minimum atomic E-state index is -0.0158. The highest BCUT2D eigenvalue weighted by Gasteiger charge is 2.35. The molecule has 27 heavy (non-hydrogen) atoms. The Balaban J connectivity index is 1.70. The molecule has 2 unspecified atom stereocenters. The topological polar surface area (TPSA) is 41.6 Å². The molecule has 0 aliphatic carbocycles. The highest BCUT2D eigenvalue weighted by Crippen LogP contribution is 2.25. The average molecular weight is 367 g/mol. The molecular weight excluding hydrogens is 336 g/mol. The van der Waals surface area contributed by atoms with E-state index in [1.807, 2.05) is 43.3 Å². The lowest BCUT2D eigenvalue weighted by Crippen LogP contribution is -2.38. The Hall–Kier alpha value is -2.33. The minimum absolute atomic E-state index is 0.0158. The summed E-state index contributed by atoms with van der Waals surface area (Å²) in [5.74, 6) is 1.34. The van der Waals surface area contributed by atoms with Crippen molar-refractivity contribution in [2.24, 2.45) is 5.92 Å². The van der Waals surface area contributed by atoms with Gasteiger partial charge in [0.15, 0.2) is 0 Å². The molecule has 4 nitrogen and oxygen atoms in total. The lowest BCUT2D eigenvalue weighted by Gasteiger charge is -2.27. The van der Waals surface area contributed by atoms with E-state index in [2.05, 4.69) is 36.7 Å². The fourth-order valence-corrected chi connectivity index (χ4v) is 3.89. The number of carbonyl (C=O) groups is 1. The monoisotopic (exact) mass is 366 g/mol. The summed E-state index contributed by atoms with van der Waals surface area (Å²) in [6.45, 7) is 12.9. The molecule has 1 aliphatic heterocycles. The predicted octanol–water partition coefficient (Wildman–Crippen LogP) is 4.22. The van der Waals surface area contributed by atoms with Crippen LogP contribution in [0.2, 0.25) is 0 Å². The zero-order valence-corrected chi connectivity index (χ0v) is 16.6. The van der Waals surface area contributed by atoms with Gasteiger partial charge in [-0.3, -0.25) is 9.69 Å². The Morgan fingerprint density at radius 1 is 1.26 bits per heavy atom. The number of rotatable bonds is 7. The summed E-state index contributed by atoms with van der Waals surface area (Å²) in [6, 6.07) is 14.2. The van der Waals surface area contributed by atoms with Gasteiger partial charge in [0.2, 0.25) is 0 Å².